The van der Waals surface area contributed by atoms with Crippen LogP contribution in [0.15, 0.2) is 18.2 Å². The van der Waals surface area contributed by atoms with Gasteiger partial charge in [0, 0.05) is 0 Å². The van der Waals surface area contributed by atoms with Gasteiger partial charge in [0.25, 0.3) is 0 Å². The van der Waals surface area contributed by atoms with Crippen LogP contribution in [0.3, 0.4) is 0 Å². The monoisotopic (exact) mass is 179 g/mol. The second-order valence-corrected chi connectivity index (χ2v) is 3.44. The fourth-order valence-electron chi connectivity index (χ4n) is 2.00. The van der Waals surface area contributed by atoms with Gasteiger partial charge in [0.15, 0.2) is 0 Å². The van der Waals surface area contributed by atoms with E-state index in [4.69, 9.17) is 10.4 Å². The highest BCUT2D eigenvalue weighted by Crippen LogP contribution is 2.25. The summed E-state index contributed by atoms with van der Waals surface area (Å²) in [6, 6.07) is 6.04. The molecule has 0 fully saturated rings. The molecule has 3 nitrogen and oxygen atoms in total. The van der Waals surface area contributed by atoms with Crippen LogP contribution < -0.4 is 0 Å². The summed E-state index contributed by atoms with van der Waals surface area (Å²) in [5.74, 6) is 0. The number of fused-ring (bicyclic) bond motifs is 1. The predicted octanol–water partition coefficient (Wildman–Crippen LogP) is 1.76. The zero-order valence-electron chi connectivity index (χ0n) is 7.40. The summed E-state index contributed by atoms with van der Waals surface area (Å²) >= 11 is 0. The third kappa shape index (κ3) is 1.72. The maximum absolute atomic E-state index is 8.73. The molecule has 70 valence electrons. The molecule has 1 aromatic carbocycles. The van der Waals surface area contributed by atoms with Gasteiger partial charge in [-0.25, -0.2) is 0 Å². The quantitative estimate of drug-likeness (QED) is 0.680. The molecule has 3 heteroatoms. The van der Waals surface area contributed by atoms with Crippen LogP contribution in [-0.4, -0.2) is 15.6 Å². The molecule has 2 rings (SSSR count). The van der Waals surface area contributed by atoms with Crippen molar-refractivity contribution < 1.29 is 10.4 Å². The molecular formula is C10H13NO2. The second kappa shape index (κ2) is 3.46. The topological polar surface area (TPSA) is 43.7 Å². The second-order valence-electron chi connectivity index (χ2n) is 3.44. The van der Waals surface area contributed by atoms with Crippen molar-refractivity contribution in [2.75, 3.05) is 0 Å². The number of hydrogen-bond donors (Lipinski definition) is 2. The van der Waals surface area contributed by atoms with Crippen molar-refractivity contribution in [1.82, 2.24) is 5.23 Å². The summed E-state index contributed by atoms with van der Waals surface area (Å²) in [7, 11) is 0. The molecule has 13 heavy (non-hydrogen) atoms. The van der Waals surface area contributed by atoms with Crippen molar-refractivity contribution >= 4 is 0 Å². The molecule has 0 saturated heterocycles. The Hall–Kier alpha value is -0.900. The van der Waals surface area contributed by atoms with Crippen molar-refractivity contribution in [3.63, 3.8) is 0 Å². The lowest BCUT2D eigenvalue weighted by atomic mass is 10.0. The fourth-order valence-corrected chi connectivity index (χ4v) is 2.00. The fraction of sp³-hybridized carbons (Fsp3) is 0.400. The molecule has 0 radical (unpaired) electrons. The first-order valence-corrected chi connectivity index (χ1v) is 4.52. The van der Waals surface area contributed by atoms with E-state index in [1.807, 2.05) is 12.1 Å². The first-order chi connectivity index (χ1) is 6.27. The van der Waals surface area contributed by atoms with E-state index in [9.17, 15) is 0 Å². The van der Waals surface area contributed by atoms with Crippen LogP contribution in [0.1, 0.15) is 23.1 Å². The molecule has 0 aromatic heterocycles. The molecular weight excluding hydrogens is 166 g/mol. The number of aryl methyl sites for hydroxylation is 1. The molecule has 0 bridgehead atoms. The van der Waals surface area contributed by atoms with Gasteiger partial charge in [0.05, 0.1) is 6.54 Å². The summed E-state index contributed by atoms with van der Waals surface area (Å²) < 4.78 is 0. The molecule has 0 amide bonds. The number of hydroxylamine groups is 2. The highest BCUT2D eigenvalue weighted by molar-refractivity contribution is 5.38. The van der Waals surface area contributed by atoms with E-state index in [0.29, 0.717) is 0 Å². The van der Waals surface area contributed by atoms with E-state index in [1.165, 1.54) is 17.5 Å². The molecule has 0 heterocycles. The Kier molecular flexibility index (Phi) is 2.31. The lowest BCUT2D eigenvalue weighted by molar-refractivity contribution is -0.314. The molecule has 1 aromatic rings. The number of rotatable bonds is 2. The number of benzene rings is 1. The van der Waals surface area contributed by atoms with Crippen molar-refractivity contribution in [3.8, 4) is 0 Å². The van der Waals surface area contributed by atoms with Gasteiger partial charge in [-0.15, -0.1) is 0 Å². The van der Waals surface area contributed by atoms with Crippen LogP contribution in [0.4, 0.5) is 0 Å². The molecule has 0 aliphatic heterocycles. The van der Waals surface area contributed by atoms with Gasteiger partial charge >= 0.3 is 0 Å². The van der Waals surface area contributed by atoms with Crippen LogP contribution in [-0.2, 0) is 19.4 Å². The number of nitrogens with zero attached hydrogens (tertiary/aromatic N) is 1. The predicted molar refractivity (Wildman–Crippen MR) is 47.6 cm³/mol. The summed E-state index contributed by atoms with van der Waals surface area (Å²) in [4.78, 5) is 0. The molecule has 0 unspecified atom stereocenters. The van der Waals surface area contributed by atoms with Crippen molar-refractivity contribution in [2.24, 2.45) is 0 Å². The lowest BCUT2D eigenvalue weighted by Crippen LogP contribution is -2.13. The smallest absolute Gasteiger partial charge is 0.0765 e. The van der Waals surface area contributed by atoms with Gasteiger partial charge in [-0.3, -0.25) is 10.4 Å². The largest absolute Gasteiger partial charge is 0.289 e. The Balaban J connectivity index is 2.30. The Labute approximate surface area is 77.1 Å². The van der Waals surface area contributed by atoms with Crippen LogP contribution in [0.5, 0.6) is 0 Å². The minimum Gasteiger partial charge on any atom is -0.289 e. The van der Waals surface area contributed by atoms with Crippen LogP contribution in [0, 0.1) is 0 Å². The third-order valence-corrected chi connectivity index (χ3v) is 2.55. The standard InChI is InChI=1S/C10H13NO2/c12-11(13)7-9-5-1-3-8-4-2-6-10(8)9/h1,3,5,12-13H,2,4,6-7H2. The average Bonchev–Trinajstić information content (AvgIpc) is 2.51. The van der Waals surface area contributed by atoms with Crippen molar-refractivity contribution in [1.29, 1.82) is 0 Å². The summed E-state index contributed by atoms with van der Waals surface area (Å²) in [6.45, 7) is 0.198. The highest BCUT2D eigenvalue weighted by atomic mass is 16.8. The van der Waals surface area contributed by atoms with Gasteiger partial charge in [-0.05, 0) is 36.0 Å². The van der Waals surface area contributed by atoms with E-state index in [0.717, 1.165) is 18.4 Å². The van der Waals surface area contributed by atoms with Crippen LogP contribution >= 0.6 is 0 Å². The summed E-state index contributed by atoms with van der Waals surface area (Å²) in [5, 5.41) is 17.7. The average molecular weight is 179 g/mol. The minimum atomic E-state index is 0.198. The van der Waals surface area contributed by atoms with Gasteiger partial charge in [-0.1, -0.05) is 23.4 Å². The van der Waals surface area contributed by atoms with E-state index in [-0.39, 0.29) is 11.8 Å². The van der Waals surface area contributed by atoms with Gasteiger partial charge in [0.2, 0.25) is 0 Å². The maximum Gasteiger partial charge on any atom is 0.0765 e. The SMILES string of the molecule is ON(O)Cc1cccc2c1CCC2. The van der Waals surface area contributed by atoms with E-state index >= 15 is 0 Å². The summed E-state index contributed by atoms with van der Waals surface area (Å²) in [5.41, 5.74) is 3.69. The van der Waals surface area contributed by atoms with Crippen molar-refractivity contribution in [3.05, 3.63) is 34.9 Å². The number of hydrogen-bond acceptors (Lipinski definition) is 3. The van der Waals surface area contributed by atoms with E-state index < -0.39 is 0 Å². The van der Waals surface area contributed by atoms with E-state index in [1.54, 1.807) is 0 Å². The Morgan fingerprint density at radius 3 is 2.85 bits per heavy atom. The Morgan fingerprint density at radius 2 is 2.08 bits per heavy atom. The van der Waals surface area contributed by atoms with Crippen LogP contribution in [0.2, 0.25) is 0 Å². The molecule has 0 atom stereocenters. The molecule has 2 N–H and O–H groups in total. The Bertz CT molecular complexity index is 310. The van der Waals surface area contributed by atoms with Crippen LogP contribution in [0.25, 0.3) is 0 Å². The highest BCUT2D eigenvalue weighted by Gasteiger charge is 2.14. The van der Waals surface area contributed by atoms with Gasteiger partial charge in [0.1, 0.15) is 0 Å². The van der Waals surface area contributed by atoms with Crippen molar-refractivity contribution in [2.45, 2.75) is 25.8 Å². The molecule has 1 aliphatic rings. The normalized spacial score (nSPS) is 15.0. The summed E-state index contributed by atoms with van der Waals surface area (Å²) in [6.07, 6.45) is 3.38. The zero-order valence-corrected chi connectivity index (χ0v) is 7.40. The van der Waals surface area contributed by atoms with Gasteiger partial charge < -0.3 is 0 Å². The van der Waals surface area contributed by atoms with E-state index in [2.05, 4.69) is 6.07 Å². The lowest BCUT2D eigenvalue weighted by Gasteiger charge is -2.10. The molecule has 0 saturated carbocycles. The Morgan fingerprint density at radius 1 is 1.23 bits per heavy atom. The molecule has 1 aliphatic carbocycles. The minimum absolute atomic E-state index is 0.198. The molecule has 0 spiro atoms. The first-order valence-electron chi connectivity index (χ1n) is 4.52. The first kappa shape index (κ1) is 8.69. The third-order valence-electron chi connectivity index (χ3n) is 2.55. The van der Waals surface area contributed by atoms with Gasteiger partial charge in [-0.2, -0.15) is 0 Å². The maximum atomic E-state index is 8.73. The zero-order chi connectivity index (χ0) is 9.26.